The molecule has 1 aromatic heterocycles. The normalized spacial score (nSPS) is 12.9. The molecule has 0 spiro atoms. The Morgan fingerprint density at radius 2 is 1.71 bits per heavy atom. The van der Waals surface area contributed by atoms with E-state index in [1.54, 1.807) is 0 Å². The van der Waals surface area contributed by atoms with Crippen molar-refractivity contribution in [2.24, 2.45) is 5.92 Å². The number of nitrogens with one attached hydrogen (secondary N) is 2. The van der Waals surface area contributed by atoms with Gasteiger partial charge in [-0.3, -0.25) is 4.79 Å². The van der Waals surface area contributed by atoms with Gasteiger partial charge < -0.3 is 20.5 Å². The fourth-order valence-corrected chi connectivity index (χ4v) is 4.18. The monoisotopic (exact) mass is 477 g/mol. The number of ether oxygens (including phenoxy) is 1. The number of benzene rings is 2. The number of hydrogen-bond donors (Lipinski definition) is 3. The molecule has 2 amide bonds. The van der Waals surface area contributed by atoms with Crippen LogP contribution in [-0.2, 0) is 16.1 Å². The number of carbonyl (C=O) groups is 3. The zero-order valence-corrected chi connectivity index (χ0v) is 19.3. The maximum Gasteiger partial charge on any atom is 0.407 e. The fourth-order valence-electron chi connectivity index (χ4n) is 4.18. The van der Waals surface area contributed by atoms with Crippen molar-refractivity contribution in [2.45, 2.75) is 25.8 Å². The summed E-state index contributed by atoms with van der Waals surface area (Å²) in [4.78, 5) is 35.3. The molecule has 0 aliphatic heterocycles. The predicted octanol–water partition coefficient (Wildman–Crippen LogP) is 2.66. The molecule has 3 N–H and O–H groups in total. The number of carboxylic acid groups (broad SMARTS) is 1. The minimum absolute atomic E-state index is 0.00656. The first-order valence-electron chi connectivity index (χ1n) is 11.4. The highest BCUT2D eigenvalue weighted by Crippen LogP contribution is 2.44. The summed E-state index contributed by atoms with van der Waals surface area (Å²) in [6.07, 6.45) is 1.01. The van der Waals surface area contributed by atoms with Gasteiger partial charge in [-0.25, -0.2) is 14.3 Å². The van der Waals surface area contributed by atoms with Crippen LogP contribution in [0, 0.1) is 5.92 Å². The zero-order valence-electron chi connectivity index (χ0n) is 19.3. The van der Waals surface area contributed by atoms with E-state index in [9.17, 15) is 14.4 Å². The molecule has 1 atom stereocenters. The third kappa shape index (κ3) is 5.84. The number of carbonyl (C=O) groups excluding carboxylic acids is 2. The Morgan fingerprint density at radius 3 is 2.34 bits per heavy atom. The summed E-state index contributed by atoms with van der Waals surface area (Å²) in [7, 11) is 0. The van der Waals surface area contributed by atoms with Gasteiger partial charge in [0, 0.05) is 25.4 Å². The molecule has 1 aliphatic rings. The maximum absolute atomic E-state index is 12.3. The molecule has 182 valence electrons. The van der Waals surface area contributed by atoms with E-state index in [1.807, 2.05) is 31.2 Å². The smallest absolute Gasteiger partial charge is 0.407 e. The molecule has 0 saturated carbocycles. The first-order valence-corrected chi connectivity index (χ1v) is 11.4. The highest BCUT2D eigenvalue weighted by molar-refractivity contribution is 5.84. The van der Waals surface area contributed by atoms with Crippen molar-refractivity contribution in [1.82, 2.24) is 25.6 Å². The van der Waals surface area contributed by atoms with Crippen LogP contribution >= 0.6 is 0 Å². The molecule has 0 bridgehead atoms. The van der Waals surface area contributed by atoms with Gasteiger partial charge >= 0.3 is 12.1 Å². The van der Waals surface area contributed by atoms with Gasteiger partial charge in [0.15, 0.2) is 5.69 Å². The lowest BCUT2D eigenvalue weighted by Crippen LogP contribution is -2.33. The quantitative estimate of drug-likeness (QED) is 0.408. The van der Waals surface area contributed by atoms with Crippen molar-refractivity contribution in [3.63, 3.8) is 0 Å². The summed E-state index contributed by atoms with van der Waals surface area (Å²) >= 11 is 0. The molecule has 2 aromatic carbocycles. The number of nitrogens with zero attached hydrogens (tertiary/aromatic N) is 3. The topological polar surface area (TPSA) is 135 Å². The first-order chi connectivity index (χ1) is 16.9. The lowest BCUT2D eigenvalue weighted by Gasteiger charge is -2.16. The highest BCUT2D eigenvalue weighted by Gasteiger charge is 2.29. The Morgan fingerprint density at radius 1 is 1.06 bits per heavy atom. The third-order valence-electron chi connectivity index (χ3n) is 5.89. The molecule has 1 aliphatic carbocycles. The lowest BCUT2D eigenvalue weighted by atomic mass is 9.98. The number of carboxylic acids is 1. The minimum Gasteiger partial charge on any atom is -0.476 e. The van der Waals surface area contributed by atoms with E-state index in [0.29, 0.717) is 13.1 Å². The van der Waals surface area contributed by atoms with E-state index in [2.05, 4.69) is 45.2 Å². The molecule has 1 unspecified atom stereocenters. The van der Waals surface area contributed by atoms with Crippen molar-refractivity contribution in [3.8, 4) is 11.1 Å². The molecule has 35 heavy (non-hydrogen) atoms. The SMILES string of the molecule is CC(CNC(=O)OCC1c2ccccc2-c2ccccc21)CC(=O)NCCn1cc(C(=O)O)nn1. The fraction of sp³-hybridized carbons (Fsp3) is 0.320. The minimum atomic E-state index is -1.15. The number of hydrogen-bond acceptors (Lipinski definition) is 6. The molecule has 3 aromatic rings. The van der Waals surface area contributed by atoms with Gasteiger partial charge in [0.05, 0.1) is 12.7 Å². The van der Waals surface area contributed by atoms with E-state index in [-0.39, 0.29) is 43.0 Å². The highest BCUT2D eigenvalue weighted by atomic mass is 16.5. The van der Waals surface area contributed by atoms with Gasteiger partial charge in [0.2, 0.25) is 5.91 Å². The molecular weight excluding hydrogens is 450 g/mol. The van der Waals surface area contributed by atoms with E-state index >= 15 is 0 Å². The average Bonchev–Trinajstić information content (AvgIpc) is 3.45. The van der Waals surface area contributed by atoms with Crippen LogP contribution in [0.5, 0.6) is 0 Å². The van der Waals surface area contributed by atoms with Crippen LogP contribution < -0.4 is 10.6 Å². The van der Waals surface area contributed by atoms with Crippen molar-refractivity contribution < 1.29 is 24.2 Å². The van der Waals surface area contributed by atoms with Gasteiger partial charge in [-0.2, -0.15) is 0 Å². The second-order valence-corrected chi connectivity index (χ2v) is 8.54. The molecule has 0 radical (unpaired) electrons. The maximum atomic E-state index is 12.3. The van der Waals surface area contributed by atoms with Gasteiger partial charge in [-0.05, 0) is 28.2 Å². The van der Waals surface area contributed by atoms with Crippen LogP contribution in [0.3, 0.4) is 0 Å². The molecule has 10 nitrogen and oxygen atoms in total. The van der Waals surface area contributed by atoms with E-state index in [4.69, 9.17) is 9.84 Å². The molecule has 4 rings (SSSR count). The Bertz CT molecular complexity index is 1180. The molecule has 10 heteroatoms. The van der Waals surface area contributed by atoms with Gasteiger partial charge in [0.25, 0.3) is 0 Å². The molecular formula is C25H27N5O5. The van der Waals surface area contributed by atoms with Crippen molar-refractivity contribution >= 4 is 18.0 Å². The van der Waals surface area contributed by atoms with Crippen LogP contribution in [-0.4, -0.2) is 57.8 Å². The van der Waals surface area contributed by atoms with Crippen molar-refractivity contribution in [1.29, 1.82) is 0 Å². The van der Waals surface area contributed by atoms with Crippen LogP contribution in [0.2, 0.25) is 0 Å². The van der Waals surface area contributed by atoms with Gasteiger partial charge in [0.1, 0.15) is 6.61 Å². The second-order valence-electron chi connectivity index (χ2n) is 8.54. The van der Waals surface area contributed by atoms with Gasteiger partial charge in [-0.1, -0.05) is 60.7 Å². The third-order valence-corrected chi connectivity index (χ3v) is 5.89. The van der Waals surface area contributed by atoms with E-state index in [1.165, 1.54) is 22.0 Å². The Labute approximate surface area is 202 Å². The summed E-state index contributed by atoms with van der Waals surface area (Å²) in [5.41, 5.74) is 4.49. The Balaban J connectivity index is 1.17. The van der Waals surface area contributed by atoms with Crippen molar-refractivity contribution in [2.75, 3.05) is 19.7 Å². The average molecular weight is 478 g/mol. The summed E-state index contributed by atoms with van der Waals surface area (Å²) in [5.74, 6) is -1.43. The van der Waals surface area contributed by atoms with Crippen LogP contribution in [0.1, 0.15) is 40.9 Å². The second kappa shape index (κ2) is 10.8. The molecule has 1 heterocycles. The summed E-state index contributed by atoms with van der Waals surface area (Å²) in [6.45, 7) is 2.99. The first kappa shape index (κ1) is 23.9. The number of aromatic nitrogens is 3. The number of amides is 2. The van der Waals surface area contributed by atoms with Crippen molar-refractivity contribution in [3.05, 3.63) is 71.5 Å². The van der Waals surface area contributed by atoms with Crippen LogP contribution in [0.4, 0.5) is 4.79 Å². The number of rotatable bonds is 10. The largest absolute Gasteiger partial charge is 0.476 e. The number of alkyl carbamates (subject to hydrolysis) is 1. The predicted molar refractivity (Wildman–Crippen MR) is 127 cm³/mol. The van der Waals surface area contributed by atoms with Gasteiger partial charge in [-0.15, -0.1) is 5.10 Å². The van der Waals surface area contributed by atoms with E-state index < -0.39 is 12.1 Å². The summed E-state index contributed by atoms with van der Waals surface area (Å²) in [5, 5.41) is 21.5. The summed E-state index contributed by atoms with van der Waals surface area (Å²) < 4.78 is 6.87. The van der Waals surface area contributed by atoms with Crippen LogP contribution in [0.15, 0.2) is 54.7 Å². The Hall–Kier alpha value is -4.21. The van der Waals surface area contributed by atoms with Crippen LogP contribution in [0.25, 0.3) is 11.1 Å². The number of fused-ring (bicyclic) bond motifs is 3. The lowest BCUT2D eigenvalue weighted by molar-refractivity contribution is -0.121. The molecule has 0 fully saturated rings. The number of aromatic carboxylic acids is 1. The zero-order chi connectivity index (χ0) is 24.8. The standard InChI is InChI=1S/C25H27N5O5/c1-16(12-23(31)26-10-11-30-14-22(24(32)33)28-29-30)13-27-25(34)35-15-21-19-8-4-2-6-17(19)18-7-3-5-9-20(18)21/h2-9,14,16,21H,10-13,15H2,1H3,(H,26,31)(H,27,34)(H,32,33). The Kier molecular flexibility index (Phi) is 7.39. The molecule has 0 saturated heterocycles. The van der Waals surface area contributed by atoms with E-state index in [0.717, 1.165) is 11.1 Å². The summed E-state index contributed by atoms with van der Waals surface area (Å²) in [6, 6.07) is 16.3.